The van der Waals surface area contributed by atoms with Gasteiger partial charge < -0.3 is 15.6 Å². The highest BCUT2D eigenvalue weighted by Crippen LogP contribution is 2.42. The van der Waals surface area contributed by atoms with Crippen molar-refractivity contribution in [3.05, 3.63) is 27.2 Å². The molecule has 3 nitrogen and oxygen atoms in total. The van der Waals surface area contributed by atoms with Gasteiger partial charge in [0, 0.05) is 10.6 Å². The largest absolute Gasteiger partial charge is 0.490 e. The topological polar surface area (TPSA) is 55.5 Å². The van der Waals surface area contributed by atoms with Crippen LogP contribution in [0.3, 0.4) is 0 Å². The second-order valence-corrected chi connectivity index (χ2v) is 4.66. The van der Waals surface area contributed by atoms with E-state index in [0.717, 1.165) is 10.0 Å². The lowest BCUT2D eigenvalue weighted by Crippen LogP contribution is -2.42. The van der Waals surface area contributed by atoms with Crippen LogP contribution < -0.4 is 10.5 Å². The maximum Gasteiger partial charge on any atom is 0.138 e. The van der Waals surface area contributed by atoms with Crippen LogP contribution in [0.1, 0.15) is 5.56 Å². The summed E-state index contributed by atoms with van der Waals surface area (Å²) < 4.78 is 6.16. The van der Waals surface area contributed by atoms with Crippen LogP contribution >= 0.6 is 27.5 Å². The first kappa shape index (κ1) is 10.2. The van der Waals surface area contributed by atoms with Crippen LogP contribution in [0.5, 0.6) is 5.75 Å². The third-order valence-electron chi connectivity index (χ3n) is 2.30. The second-order valence-electron chi connectivity index (χ2n) is 3.37. The molecular formula is C9H9BrClNO2. The summed E-state index contributed by atoms with van der Waals surface area (Å²) in [6.07, 6.45) is 0. The summed E-state index contributed by atoms with van der Waals surface area (Å²) in [6.45, 7) is 0.116. The molecule has 0 bridgehead atoms. The van der Waals surface area contributed by atoms with E-state index in [9.17, 15) is 5.11 Å². The summed E-state index contributed by atoms with van der Waals surface area (Å²) in [4.78, 5) is 0. The van der Waals surface area contributed by atoms with Gasteiger partial charge in [0.2, 0.25) is 0 Å². The van der Waals surface area contributed by atoms with Crippen molar-refractivity contribution < 1.29 is 9.84 Å². The summed E-state index contributed by atoms with van der Waals surface area (Å²) in [6, 6.07) is 3.47. The molecule has 0 amide bonds. The minimum atomic E-state index is -0.831. The number of aliphatic hydroxyl groups excluding tert-OH is 1. The molecule has 1 aromatic carbocycles. The Morgan fingerprint density at radius 1 is 1.64 bits per heavy atom. The van der Waals surface area contributed by atoms with E-state index >= 15 is 0 Å². The van der Waals surface area contributed by atoms with Gasteiger partial charge in [0.05, 0.1) is 11.1 Å². The van der Waals surface area contributed by atoms with E-state index in [1.165, 1.54) is 0 Å². The van der Waals surface area contributed by atoms with Gasteiger partial charge in [0.25, 0.3) is 0 Å². The highest BCUT2D eigenvalue weighted by Gasteiger charge is 2.38. The van der Waals surface area contributed by atoms with Gasteiger partial charge >= 0.3 is 0 Å². The fraction of sp³-hybridized carbons (Fsp3) is 0.333. The number of hydrogen-bond acceptors (Lipinski definition) is 3. The van der Waals surface area contributed by atoms with Crippen molar-refractivity contribution in [3.63, 3.8) is 0 Å². The fourth-order valence-electron chi connectivity index (χ4n) is 1.49. The zero-order chi connectivity index (χ0) is 10.3. The Kier molecular flexibility index (Phi) is 2.47. The van der Waals surface area contributed by atoms with E-state index in [1.54, 1.807) is 12.1 Å². The average molecular weight is 279 g/mol. The lowest BCUT2D eigenvalue weighted by atomic mass is 9.94. The van der Waals surface area contributed by atoms with E-state index in [1.807, 2.05) is 0 Å². The molecule has 1 unspecified atom stereocenters. The fourth-order valence-corrected chi connectivity index (χ4v) is 2.41. The van der Waals surface area contributed by atoms with Crippen LogP contribution in [0, 0.1) is 0 Å². The number of rotatable bonds is 1. The zero-order valence-corrected chi connectivity index (χ0v) is 9.60. The summed E-state index contributed by atoms with van der Waals surface area (Å²) >= 11 is 9.22. The average Bonchev–Trinajstić information content (AvgIpc) is 2.46. The number of aliphatic hydroxyl groups is 1. The maximum absolute atomic E-state index is 9.19. The van der Waals surface area contributed by atoms with Gasteiger partial charge in [0.15, 0.2) is 0 Å². The Balaban J connectivity index is 2.60. The quantitative estimate of drug-likeness (QED) is 0.821. The van der Waals surface area contributed by atoms with Crippen LogP contribution in [-0.4, -0.2) is 18.3 Å². The third-order valence-corrected chi connectivity index (χ3v) is 3.11. The third kappa shape index (κ3) is 1.42. The maximum atomic E-state index is 9.19. The zero-order valence-electron chi connectivity index (χ0n) is 7.26. The number of ether oxygens (including phenoxy) is 1. The molecule has 1 atom stereocenters. The van der Waals surface area contributed by atoms with Crippen molar-refractivity contribution >= 4 is 27.5 Å². The summed E-state index contributed by atoms with van der Waals surface area (Å²) in [5.41, 5.74) is 5.87. The first-order valence-corrected chi connectivity index (χ1v) is 5.26. The van der Waals surface area contributed by atoms with Gasteiger partial charge in [0.1, 0.15) is 17.9 Å². The monoisotopic (exact) mass is 277 g/mol. The molecule has 1 aliphatic heterocycles. The van der Waals surface area contributed by atoms with E-state index in [4.69, 9.17) is 22.1 Å². The van der Waals surface area contributed by atoms with Crippen molar-refractivity contribution in [1.82, 2.24) is 0 Å². The van der Waals surface area contributed by atoms with E-state index in [2.05, 4.69) is 15.9 Å². The number of halogens is 2. The highest BCUT2D eigenvalue weighted by molar-refractivity contribution is 9.10. The highest BCUT2D eigenvalue weighted by atomic mass is 79.9. The molecule has 0 radical (unpaired) electrons. The Bertz CT molecular complexity index is 385. The molecule has 2 rings (SSSR count). The van der Waals surface area contributed by atoms with Crippen LogP contribution in [0.4, 0.5) is 0 Å². The normalized spacial score (nSPS) is 24.6. The van der Waals surface area contributed by atoms with Crippen molar-refractivity contribution in [2.75, 3.05) is 13.2 Å². The van der Waals surface area contributed by atoms with E-state index in [-0.39, 0.29) is 13.2 Å². The summed E-state index contributed by atoms with van der Waals surface area (Å²) in [5, 5.41) is 9.76. The minimum absolute atomic E-state index is 0.160. The van der Waals surface area contributed by atoms with E-state index < -0.39 is 5.54 Å². The Morgan fingerprint density at radius 3 is 3.00 bits per heavy atom. The van der Waals surface area contributed by atoms with Crippen molar-refractivity contribution in [1.29, 1.82) is 0 Å². The first-order chi connectivity index (χ1) is 6.57. The van der Waals surface area contributed by atoms with Crippen LogP contribution in [0.15, 0.2) is 16.6 Å². The summed E-state index contributed by atoms with van der Waals surface area (Å²) in [7, 11) is 0. The number of benzene rings is 1. The van der Waals surface area contributed by atoms with Gasteiger partial charge in [-0.1, -0.05) is 11.6 Å². The minimum Gasteiger partial charge on any atom is -0.490 e. The van der Waals surface area contributed by atoms with Crippen LogP contribution in [0.25, 0.3) is 0 Å². The molecule has 0 fully saturated rings. The molecule has 1 aromatic rings. The molecule has 5 heteroatoms. The molecule has 1 heterocycles. The van der Waals surface area contributed by atoms with E-state index in [0.29, 0.717) is 10.8 Å². The molecular weight excluding hydrogens is 269 g/mol. The van der Waals surface area contributed by atoms with Gasteiger partial charge in [-0.15, -0.1) is 0 Å². The molecule has 3 N–H and O–H groups in total. The van der Waals surface area contributed by atoms with Crippen LogP contribution in [0.2, 0.25) is 5.02 Å². The molecule has 0 spiro atoms. The standard InChI is InChI=1S/C9H9BrClNO2/c10-7-2-5(11)1-6-8(7)14-4-9(6,12)3-13/h1-2,13H,3-4,12H2. The van der Waals surface area contributed by atoms with Crippen molar-refractivity contribution in [2.45, 2.75) is 5.54 Å². The van der Waals surface area contributed by atoms with Gasteiger partial charge in [-0.3, -0.25) is 0 Å². The van der Waals surface area contributed by atoms with Gasteiger partial charge in [-0.2, -0.15) is 0 Å². The molecule has 0 aliphatic carbocycles. The lowest BCUT2D eigenvalue weighted by molar-refractivity contribution is 0.162. The number of nitrogens with two attached hydrogens (primary N) is 1. The molecule has 0 saturated heterocycles. The Labute approximate surface area is 94.9 Å². The van der Waals surface area contributed by atoms with Gasteiger partial charge in [-0.05, 0) is 28.1 Å². The predicted molar refractivity (Wildman–Crippen MR) is 57.6 cm³/mol. The van der Waals surface area contributed by atoms with Crippen LogP contribution in [-0.2, 0) is 5.54 Å². The Morgan fingerprint density at radius 2 is 2.36 bits per heavy atom. The predicted octanol–water partition coefficient (Wildman–Crippen LogP) is 1.64. The molecule has 0 saturated carbocycles. The second kappa shape index (κ2) is 3.38. The smallest absolute Gasteiger partial charge is 0.138 e. The van der Waals surface area contributed by atoms with Crippen molar-refractivity contribution in [2.24, 2.45) is 5.73 Å². The Hall–Kier alpha value is -0.290. The molecule has 76 valence electrons. The molecule has 0 aromatic heterocycles. The first-order valence-electron chi connectivity index (χ1n) is 4.09. The molecule has 14 heavy (non-hydrogen) atoms. The molecule has 1 aliphatic rings. The van der Waals surface area contributed by atoms with Gasteiger partial charge in [-0.25, -0.2) is 0 Å². The number of hydrogen-bond donors (Lipinski definition) is 2. The SMILES string of the molecule is NC1(CO)COc2c(Br)cc(Cl)cc21. The van der Waals surface area contributed by atoms with Crippen molar-refractivity contribution in [3.8, 4) is 5.75 Å². The number of fused-ring (bicyclic) bond motifs is 1. The summed E-state index contributed by atoms with van der Waals surface area (Å²) in [5.74, 6) is 0.672. The lowest BCUT2D eigenvalue weighted by Gasteiger charge is -2.19.